The Morgan fingerprint density at radius 2 is 1.97 bits per heavy atom. The number of rotatable bonds is 7. The van der Waals surface area contributed by atoms with Crippen LogP contribution in [0.3, 0.4) is 0 Å². The van der Waals surface area contributed by atoms with Gasteiger partial charge < -0.3 is 30.9 Å². The lowest BCUT2D eigenvalue weighted by Gasteiger charge is -2.46. The van der Waals surface area contributed by atoms with E-state index >= 15 is 0 Å². The van der Waals surface area contributed by atoms with E-state index in [0.717, 1.165) is 0 Å². The van der Waals surface area contributed by atoms with E-state index in [-0.39, 0.29) is 40.3 Å². The Bertz CT molecular complexity index is 1060. The molecule has 0 bridgehead atoms. The van der Waals surface area contributed by atoms with E-state index < -0.39 is 30.0 Å². The number of amides is 2. The molecule has 1 aromatic carbocycles. The Morgan fingerprint density at radius 3 is 2.61 bits per heavy atom. The van der Waals surface area contributed by atoms with E-state index in [1.54, 1.807) is 12.1 Å². The van der Waals surface area contributed by atoms with Crippen molar-refractivity contribution in [1.29, 1.82) is 0 Å². The van der Waals surface area contributed by atoms with Crippen LogP contribution in [0.4, 0.5) is 5.69 Å². The van der Waals surface area contributed by atoms with E-state index in [9.17, 15) is 29.4 Å². The van der Waals surface area contributed by atoms with Gasteiger partial charge in [-0.3, -0.25) is 9.59 Å². The summed E-state index contributed by atoms with van der Waals surface area (Å²) in [7, 11) is 0. The van der Waals surface area contributed by atoms with Crippen LogP contribution in [-0.2, 0) is 14.4 Å². The number of anilines is 1. The number of β-lactam (4-membered cyclic amide) rings is 1. The molecule has 4 rings (SSSR count). The highest BCUT2D eigenvalue weighted by Gasteiger charge is 2.60. The van der Waals surface area contributed by atoms with Crippen molar-refractivity contribution in [2.45, 2.75) is 43.7 Å². The molecule has 0 radical (unpaired) electrons. The first-order valence-corrected chi connectivity index (χ1v) is 11.5. The second-order valence-corrected chi connectivity index (χ2v) is 9.93. The molecule has 0 spiro atoms. The van der Waals surface area contributed by atoms with E-state index in [1.807, 2.05) is 6.92 Å². The van der Waals surface area contributed by atoms with E-state index in [0.29, 0.717) is 23.6 Å². The summed E-state index contributed by atoms with van der Waals surface area (Å²) < 4.78 is 0. The van der Waals surface area contributed by atoms with Crippen molar-refractivity contribution in [3.63, 3.8) is 0 Å². The standard InChI is InChI=1S/C22H25N3O7S/c1-9-16-15(10(2)26)20(28)25(16)17(22(31)32)18(9)33-13-7-14(23-8-13)19(27)24-12-5-3-4-11(6-12)21(29)30/h3-6,9-10,13-16,23,26H,7-8H2,1-2H3,(H,24,27)(H,29,30)(H,31,32)/t9?,10?,13?,14-,15?,16?/m0/s1. The minimum absolute atomic E-state index is 0.0298. The zero-order valence-corrected chi connectivity index (χ0v) is 18.8. The number of carbonyl (C=O) groups is 4. The summed E-state index contributed by atoms with van der Waals surface area (Å²) >= 11 is 1.36. The van der Waals surface area contributed by atoms with Gasteiger partial charge in [0.1, 0.15) is 5.70 Å². The van der Waals surface area contributed by atoms with Crippen LogP contribution in [0.15, 0.2) is 34.9 Å². The Hall–Kier alpha value is -2.89. The molecule has 3 aliphatic rings. The number of carbonyl (C=O) groups excluding carboxylic acids is 2. The number of nitrogens with zero attached hydrogens (tertiary/aromatic N) is 1. The first-order chi connectivity index (χ1) is 15.6. The number of hydrogen-bond acceptors (Lipinski definition) is 7. The molecule has 5 N–H and O–H groups in total. The van der Waals surface area contributed by atoms with Crippen LogP contribution < -0.4 is 10.6 Å². The monoisotopic (exact) mass is 475 g/mol. The number of aromatic carboxylic acids is 1. The molecule has 0 aliphatic carbocycles. The Morgan fingerprint density at radius 1 is 1.24 bits per heavy atom. The van der Waals surface area contributed by atoms with Crippen molar-refractivity contribution in [3.8, 4) is 0 Å². The maximum Gasteiger partial charge on any atom is 0.353 e. The number of aliphatic hydroxyl groups excluding tert-OH is 1. The Labute approximate surface area is 194 Å². The second kappa shape index (κ2) is 8.81. The maximum atomic E-state index is 12.7. The van der Waals surface area contributed by atoms with Crippen LogP contribution in [0.1, 0.15) is 30.6 Å². The number of benzene rings is 1. The molecule has 6 atom stereocenters. The lowest BCUT2D eigenvalue weighted by Crippen LogP contribution is -2.63. The number of fused-ring (bicyclic) bond motifs is 1. The van der Waals surface area contributed by atoms with Gasteiger partial charge in [-0.05, 0) is 31.5 Å². The second-order valence-electron chi connectivity index (χ2n) is 8.58. The largest absolute Gasteiger partial charge is 0.478 e. The zero-order chi connectivity index (χ0) is 24.0. The topological polar surface area (TPSA) is 156 Å². The lowest BCUT2D eigenvalue weighted by molar-refractivity contribution is -0.163. The lowest BCUT2D eigenvalue weighted by atomic mass is 9.79. The van der Waals surface area contributed by atoms with E-state index in [1.165, 1.54) is 35.7 Å². The maximum absolute atomic E-state index is 12.7. The molecule has 3 heterocycles. The average Bonchev–Trinajstić information content (AvgIpc) is 3.30. The highest BCUT2D eigenvalue weighted by Crippen LogP contribution is 2.51. The van der Waals surface area contributed by atoms with Crippen molar-refractivity contribution < 1.29 is 34.5 Å². The van der Waals surface area contributed by atoms with Crippen molar-refractivity contribution >= 4 is 41.2 Å². The molecule has 2 fully saturated rings. The summed E-state index contributed by atoms with van der Waals surface area (Å²) in [6.07, 6.45) is -0.419. The molecule has 5 unspecified atom stereocenters. The molecule has 33 heavy (non-hydrogen) atoms. The van der Waals surface area contributed by atoms with Gasteiger partial charge in [0.25, 0.3) is 0 Å². The van der Waals surface area contributed by atoms with Crippen LogP contribution in [0, 0.1) is 11.8 Å². The van der Waals surface area contributed by atoms with Gasteiger partial charge in [-0.2, -0.15) is 0 Å². The fraction of sp³-hybridized carbons (Fsp3) is 0.455. The predicted octanol–water partition coefficient (Wildman–Crippen LogP) is 0.941. The normalized spacial score (nSPS) is 29.5. The number of thioether (sulfide) groups is 1. The molecule has 3 aliphatic heterocycles. The van der Waals surface area contributed by atoms with Crippen LogP contribution in [0.2, 0.25) is 0 Å². The van der Waals surface area contributed by atoms with Gasteiger partial charge in [0, 0.05) is 28.3 Å². The van der Waals surface area contributed by atoms with Crippen molar-refractivity contribution in [3.05, 3.63) is 40.4 Å². The quantitative estimate of drug-likeness (QED) is 0.362. The SMILES string of the molecule is CC(O)C1C(=O)N2C(C(=O)O)=C(SC3CN[C@H](C(=O)Nc4cccc(C(=O)O)c4)C3)C(C)C12. The molecule has 2 saturated heterocycles. The summed E-state index contributed by atoms with van der Waals surface area (Å²) in [6, 6.07) is 5.07. The van der Waals surface area contributed by atoms with Gasteiger partial charge in [-0.25, -0.2) is 9.59 Å². The Balaban J connectivity index is 1.43. The number of aliphatic carboxylic acids is 1. The van der Waals surface area contributed by atoms with Gasteiger partial charge in [0.2, 0.25) is 11.8 Å². The molecule has 2 amide bonds. The molecule has 0 aromatic heterocycles. The third-order valence-corrected chi connectivity index (χ3v) is 7.90. The molecule has 176 valence electrons. The van der Waals surface area contributed by atoms with Gasteiger partial charge in [0.15, 0.2) is 0 Å². The van der Waals surface area contributed by atoms with Gasteiger partial charge in [-0.1, -0.05) is 13.0 Å². The molecule has 0 saturated carbocycles. The minimum Gasteiger partial charge on any atom is -0.478 e. The molecule has 1 aromatic rings. The summed E-state index contributed by atoms with van der Waals surface area (Å²) in [6.45, 7) is 3.87. The van der Waals surface area contributed by atoms with Gasteiger partial charge in [0.05, 0.1) is 29.7 Å². The Kier molecular flexibility index (Phi) is 6.21. The van der Waals surface area contributed by atoms with Crippen LogP contribution >= 0.6 is 11.8 Å². The first kappa shape index (κ1) is 23.3. The van der Waals surface area contributed by atoms with Crippen molar-refractivity contribution in [1.82, 2.24) is 10.2 Å². The average molecular weight is 476 g/mol. The summed E-state index contributed by atoms with van der Waals surface area (Å²) in [5.74, 6) is -3.79. The third-order valence-electron chi connectivity index (χ3n) is 6.39. The number of hydrogen-bond donors (Lipinski definition) is 5. The highest BCUT2D eigenvalue weighted by molar-refractivity contribution is 8.03. The van der Waals surface area contributed by atoms with Crippen molar-refractivity contribution in [2.24, 2.45) is 11.8 Å². The third kappa shape index (κ3) is 4.11. The smallest absolute Gasteiger partial charge is 0.353 e. The molecule has 11 heteroatoms. The number of aliphatic hydroxyl groups is 1. The summed E-state index contributed by atoms with van der Waals surface area (Å²) in [5.41, 5.74) is 0.418. The number of carboxylic acids is 2. The van der Waals surface area contributed by atoms with E-state index in [2.05, 4.69) is 10.6 Å². The predicted molar refractivity (Wildman–Crippen MR) is 119 cm³/mol. The summed E-state index contributed by atoms with van der Waals surface area (Å²) in [4.78, 5) is 50.1. The fourth-order valence-electron chi connectivity index (χ4n) is 4.81. The van der Waals surface area contributed by atoms with Gasteiger partial charge >= 0.3 is 11.9 Å². The highest BCUT2D eigenvalue weighted by atomic mass is 32.2. The van der Waals surface area contributed by atoms with Crippen LogP contribution in [-0.4, -0.2) is 74.0 Å². The van der Waals surface area contributed by atoms with Crippen LogP contribution in [0.25, 0.3) is 0 Å². The fourth-order valence-corrected chi connectivity index (χ4v) is 6.29. The zero-order valence-electron chi connectivity index (χ0n) is 18.0. The summed E-state index contributed by atoms with van der Waals surface area (Å²) in [5, 5.41) is 34.6. The number of carboxylic acid groups (broad SMARTS) is 2. The number of nitrogens with one attached hydrogen (secondary N) is 2. The molecular weight excluding hydrogens is 450 g/mol. The van der Waals surface area contributed by atoms with Gasteiger partial charge in [-0.15, -0.1) is 11.8 Å². The van der Waals surface area contributed by atoms with E-state index in [4.69, 9.17) is 5.11 Å². The molecular formula is C22H25N3O7S. The molecule has 10 nitrogen and oxygen atoms in total. The minimum atomic E-state index is -1.18. The first-order valence-electron chi connectivity index (χ1n) is 10.6. The van der Waals surface area contributed by atoms with Crippen molar-refractivity contribution in [2.75, 3.05) is 11.9 Å². The van der Waals surface area contributed by atoms with Crippen LogP contribution in [0.5, 0.6) is 0 Å².